The molecular formula is C38H64N6O6Si2. The molecule has 1 atom stereocenters. The number of hydrogen-bond donors (Lipinski definition) is 0. The molecule has 52 heavy (non-hydrogen) atoms. The van der Waals surface area contributed by atoms with Gasteiger partial charge in [0.2, 0.25) is 0 Å². The quantitative estimate of drug-likeness (QED) is 0.0481. The molecule has 0 aliphatic rings. The Labute approximate surface area is 313 Å². The molecule has 0 aliphatic heterocycles. The van der Waals surface area contributed by atoms with Crippen molar-refractivity contribution in [2.75, 3.05) is 45.2 Å². The van der Waals surface area contributed by atoms with Gasteiger partial charge in [0.25, 0.3) is 0 Å². The van der Waals surface area contributed by atoms with Crippen molar-refractivity contribution in [3.63, 3.8) is 0 Å². The second-order valence-corrected chi connectivity index (χ2v) is 28.1. The summed E-state index contributed by atoms with van der Waals surface area (Å²) < 4.78 is 25.1. The molecule has 3 heterocycles. The number of pyridine rings is 1. The fourth-order valence-electron chi connectivity index (χ4n) is 5.49. The molecule has 0 bridgehead atoms. The molecule has 1 amide bonds. The van der Waals surface area contributed by atoms with Gasteiger partial charge in [-0.25, -0.2) is 19.6 Å². The molecule has 0 aliphatic carbocycles. The second kappa shape index (κ2) is 19.1. The van der Waals surface area contributed by atoms with Crippen LogP contribution in [0.25, 0.3) is 16.8 Å². The SMILES string of the molecule is CCCN(C(=O)OC(C)(C)C)[C@H](CC)CCc1cc(N(COCC[Si](C)(C)C)COCC[Si](C)(C)C)n2ncc(-c3ccc(C(=O)OC)nc3)c2n1. The van der Waals surface area contributed by atoms with Crippen LogP contribution in [0, 0.1) is 0 Å². The summed E-state index contributed by atoms with van der Waals surface area (Å²) in [5, 5.41) is 4.81. The van der Waals surface area contributed by atoms with Crippen LogP contribution < -0.4 is 4.90 Å². The lowest BCUT2D eigenvalue weighted by Gasteiger charge is -2.33. The van der Waals surface area contributed by atoms with E-state index in [1.54, 1.807) is 18.5 Å². The van der Waals surface area contributed by atoms with Gasteiger partial charge in [0, 0.05) is 71.0 Å². The molecule has 0 radical (unpaired) electrons. The van der Waals surface area contributed by atoms with Gasteiger partial charge in [-0.1, -0.05) is 59.2 Å². The van der Waals surface area contributed by atoms with E-state index in [0.29, 0.717) is 51.7 Å². The smallest absolute Gasteiger partial charge is 0.410 e. The van der Waals surface area contributed by atoms with E-state index < -0.39 is 27.7 Å². The van der Waals surface area contributed by atoms with Crippen molar-refractivity contribution in [2.24, 2.45) is 0 Å². The molecule has 12 nitrogen and oxygen atoms in total. The lowest BCUT2D eigenvalue weighted by atomic mass is 10.0. The van der Waals surface area contributed by atoms with Gasteiger partial charge in [0.05, 0.1) is 13.3 Å². The van der Waals surface area contributed by atoms with Crippen molar-refractivity contribution < 1.29 is 28.5 Å². The summed E-state index contributed by atoms with van der Waals surface area (Å²) >= 11 is 0. The standard InChI is InChI=1S/C38H64N6O6Si2/c1-13-19-43(37(46)50-38(3,4)5)31(14-2)17-16-30-24-34(42(27-48-20-22-51(7,8)9)28-49-21-23-52(10,11)12)44-35(41-30)32(26-40-44)29-15-18-33(39-25-29)36(45)47-6/h15,18,24-26,31H,13-14,16-17,19-23,27-28H2,1-12H3/t31-/m1/s1. The molecule has 0 saturated heterocycles. The Bertz CT molecular complexity index is 1560. The van der Waals surface area contributed by atoms with Gasteiger partial charge < -0.3 is 28.7 Å². The Morgan fingerprint density at radius 2 is 1.58 bits per heavy atom. The van der Waals surface area contributed by atoms with E-state index in [1.807, 2.05) is 36.3 Å². The molecule has 290 valence electrons. The Morgan fingerprint density at radius 3 is 2.08 bits per heavy atom. The van der Waals surface area contributed by atoms with Gasteiger partial charge in [-0.3, -0.25) is 0 Å². The van der Waals surface area contributed by atoms with Crippen molar-refractivity contribution in [1.82, 2.24) is 24.5 Å². The van der Waals surface area contributed by atoms with Crippen molar-refractivity contribution in [1.29, 1.82) is 0 Å². The number of ether oxygens (including phenoxy) is 4. The number of carbonyl (C=O) groups excluding carboxylic acids is 2. The number of amides is 1. The first kappa shape index (κ1) is 43.1. The van der Waals surface area contributed by atoms with Gasteiger partial charge in [-0.05, 0) is 64.6 Å². The van der Waals surface area contributed by atoms with Crippen LogP contribution in [0.3, 0.4) is 0 Å². The summed E-state index contributed by atoms with van der Waals surface area (Å²) in [5.41, 5.74) is 2.70. The molecule has 0 spiro atoms. The Balaban J connectivity index is 2.07. The largest absolute Gasteiger partial charge is 0.464 e. The molecule has 0 aromatic carbocycles. The summed E-state index contributed by atoms with van der Waals surface area (Å²) in [4.78, 5) is 38.9. The number of carbonyl (C=O) groups is 2. The van der Waals surface area contributed by atoms with Crippen LogP contribution >= 0.6 is 0 Å². The van der Waals surface area contributed by atoms with Crippen LogP contribution in [0.2, 0.25) is 51.4 Å². The normalized spacial score (nSPS) is 12.9. The molecule has 3 rings (SSSR count). The molecule has 0 unspecified atom stereocenters. The number of aromatic nitrogens is 4. The first-order valence-corrected chi connectivity index (χ1v) is 26.1. The number of fused-ring (bicyclic) bond motifs is 1. The summed E-state index contributed by atoms with van der Waals surface area (Å²) in [6.45, 7) is 26.6. The first-order valence-electron chi connectivity index (χ1n) is 18.7. The van der Waals surface area contributed by atoms with Crippen LogP contribution in [0.4, 0.5) is 10.6 Å². The van der Waals surface area contributed by atoms with E-state index >= 15 is 0 Å². The molecule has 14 heteroatoms. The Kier molecular flexibility index (Phi) is 15.8. The zero-order valence-electron chi connectivity index (χ0n) is 33.9. The van der Waals surface area contributed by atoms with Crippen molar-refractivity contribution in [3.8, 4) is 11.1 Å². The highest BCUT2D eigenvalue weighted by molar-refractivity contribution is 6.76. The maximum atomic E-state index is 13.3. The van der Waals surface area contributed by atoms with Crippen LogP contribution in [0.5, 0.6) is 0 Å². The van der Waals surface area contributed by atoms with E-state index in [1.165, 1.54) is 7.11 Å². The molecule has 0 saturated carbocycles. The average Bonchev–Trinajstić information content (AvgIpc) is 3.49. The number of methoxy groups -OCH3 is 1. The topological polar surface area (TPSA) is 121 Å². The highest BCUT2D eigenvalue weighted by Crippen LogP contribution is 2.29. The minimum absolute atomic E-state index is 0.0263. The highest BCUT2D eigenvalue weighted by atomic mass is 28.3. The molecular weight excluding hydrogens is 693 g/mol. The minimum atomic E-state index is -1.29. The van der Waals surface area contributed by atoms with Crippen molar-refractivity contribution >= 4 is 39.7 Å². The van der Waals surface area contributed by atoms with Crippen LogP contribution in [0.15, 0.2) is 30.6 Å². The summed E-state index contributed by atoms with van der Waals surface area (Å²) in [6.07, 6.45) is 6.07. The molecule has 0 N–H and O–H groups in total. The highest BCUT2D eigenvalue weighted by Gasteiger charge is 2.28. The Morgan fingerprint density at radius 1 is 0.942 bits per heavy atom. The summed E-state index contributed by atoms with van der Waals surface area (Å²) in [5.74, 6) is 0.305. The van der Waals surface area contributed by atoms with E-state index in [-0.39, 0.29) is 17.8 Å². The van der Waals surface area contributed by atoms with E-state index in [9.17, 15) is 9.59 Å². The van der Waals surface area contributed by atoms with Crippen LogP contribution in [-0.4, -0.2) is 105 Å². The number of hydrogen-bond acceptors (Lipinski definition) is 10. The third-order valence-corrected chi connectivity index (χ3v) is 11.9. The zero-order valence-corrected chi connectivity index (χ0v) is 35.9. The first-order chi connectivity index (χ1) is 24.4. The number of anilines is 1. The molecule has 0 fully saturated rings. The number of esters is 1. The van der Waals surface area contributed by atoms with Gasteiger partial charge in [0.1, 0.15) is 30.6 Å². The van der Waals surface area contributed by atoms with E-state index in [2.05, 4.69) is 69.1 Å². The van der Waals surface area contributed by atoms with Gasteiger partial charge in [-0.2, -0.15) is 9.61 Å². The van der Waals surface area contributed by atoms with Gasteiger partial charge >= 0.3 is 12.1 Å². The Hall–Kier alpha value is -3.34. The molecule has 3 aromatic rings. The summed E-state index contributed by atoms with van der Waals surface area (Å²) in [6, 6.07) is 7.62. The number of rotatable bonds is 20. The number of aryl methyl sites for hydroxylation is 1. The summed E-state index contributed by atoms with van der Waals surface area (Å²) in [7, 11) is -1.25. The van der Waals surface area contributed by atoms with Gasteiger partial charge in [-0.15, -0.1) is 0 Å². The van der Waals surface area contributed by atoms with Crippen molar-refractivity contribution in [3.05, 3.63) is 42.0 Å². The second-order valence-electron chi connectivity index (χ2n) is 16.8. The predicted molar refractivity (Wildman–Crippen MR) is 214 cm³/mol. The maximum absolute atomic E-state index is 13.3. The average molecular weight is 757 g/mol. The zero-order chi connectivity index (χ0) is 38.7. The minimum Gasteiger partial charge on any atom is -0.464 e. The van der Waals surface area contributed by atoms with Crippen LogP contribution in [0.1, 0.15) is 70.1 Å². The third-order valence-electron chi connectivity index (χ3n) is 8.52. The lowest BCUT2D eigenvalue weighted by molar-refractivity contribution is 0.0146. The fourth-order valence-corrected chi connectivity index (χ4v) is 7.00. The van der Waals surface area contributed by atoms with Crippen molar-refractivity contribution in [2.45, 2.75) is 123 Å². The lowest BCUT2D eigenvalue weighted by Crippen LogP contribution is -2.44. The fraction of sp³-hybridized carbons (Fsp3) is 0.658. The predicted octanol–water partition coefficient (Wildman–Crippen LogP) is 8.37. The van der Waals surface area contributed by atoms with Gasteiger partial charge in [0.15, 0.2) is 5.65 Å². The third kappa shape index (κ3) is 13.6. The maximum Gasteiger partial charge on any atom is 0.410 e. The number of nitrogens with zero attached hydrogens (tertiary/aromatic N) is 6. The van der Waals surface area contributed by atoms with E-state index in [0.717, 1.165) is 47.6 Å². The van der Waals surface area contributed by atoms with E-state index in [4.69, 9.17) is 29.0 Å². The monoisotopic (exact) mass is 756 g/mol. The van der Waals surface area contributed by atoms with Crippen LogP contribution in [-0.2, 0) is 25.4 Å². The molecule has 3 aromatic heterocycles.